The molecule has 0 aliphatic heterocycles. The number of halogens is 1. The van der Waals surface area contributed by atoms with E-state index in [0.29, 0.717) is 0 Å². The minimum Gasteiger partial charge on any atom is -0.325 e. The normalized spacial score (nSPS) is 20.6. The lowest BCUT2D eigenvalue weighted by atomic mass is 9.80. The summed E-state index contributed by atoms with van der Waals surface area (Å²) in [6.07, 6.45) is 13.1. The number of aromatic nitrogens is 1. The lowest BCUT2D eigenvalue weighted by Crippen LogP contribution is -2.42. The summed E-state index contributed by atoms with van der Waals surface area (Å²) in [6, 6.07) is 2.00. The highest BCUT2D eigenvalue weighted by Crippen LogP contribution is 2.29. The van der Waals surface area contributed by atoms with Gasteiger partial charge < -0.3 is 5.73 Å². The summed E-state index contributed by atoms with van der Waals surface area (Å²) in [6.45, 7) is 0. The predicted octanol–water partition coefficient (Wildman–Crippen LogP) is 3.72. The maximum atomic E-state index is 6.55. The minimum atomic E-state index is -0.0641. The molecular weight excluding hydrogens is 232 g/mol. The first-order chi connectivity index (χ1) is 8.20. The maximum Gasteiger partial charge on any atom is 0.0621 e. The van der Waals surface area contributed by atoms with Gasteiger partial charge in [0.15, 0.2) is 0 Å². The monoisotopic (exact) mass is 252 g/mol. The van der Waals surface area contributed by atoms with Crippen molar-refractivity contribution < 1.29 is 0 Å². The fourth-order valence-corrected chi connectivity index (χ4v) is 2.90. The van der Waals surface area contributed by atoms with E-state index in [2.05, 4.69) is 4.98 Å². The van der Waals surface area contributed by atoms with Gasteiger partial charge in [0, 0.05) is 17.9 Å². The van der Waals surface area contributed by atoms with Crippen LogP contribution in [0.1, 0.15) is 50.5 Å². The highest BCUT2D eigenvalue weighted by molar-refractivity contribution is 6.31. The zero-order chi connectivity index (χ0) is 12.1. The molecule has 0 aromatic carbocycles. The van der Waals surface area contributed by atoms with Gasteiger partial charge in [-0.25, -0.2) is 0 Å². The molecule has 2 N–H and O–H groups in total. The second kappa shape index (κ2) is 5.83. The Morgan fingerprint density at radius 1 is 1.18 bits per heavy atom. The molecule has 3 heteroatoms. The summed E-state index contributed by atoms with van der Waals surface area (Å²) < 4.78 is 0. The van der Waals surface area contributed by atoms with Crippen LogP contribution in [0, 0.1) is 0 Å². The topological polar surface area (TPSA) is 38.9 Å². The van der Waals surface area contributed by atoms with E-state index < -0.39 is 0 Å². The van der Waals surface area contributed by atoms with Crippen molar-refractivity contribution in [3.8, 4) is 0 Å². The molecule has 0 atom stereocenters. The van der Waals surface area contributed by atoms with Crippen molar-refractivity contribution in [1.82, 2.24) is 4.98 Å². The lowest BCUT2D eigenvalue weighted by molar-refractivity contribution is 0.314. The van der Waals surface area contributed by atoms with Crippen LogP contribution in [-0.4, -0.2) is 10.5 Å². The molecule has 17 heavy (non-hydrogen) atoms. The summed E-state index contributed by atoms with van der Waals surface area (Å²) in [7, 11) is 0. The highest BCUT2D eigenvalue weighted by Gasteiger charge is 2.26. The Morgan fingerprint density at radius 2 is 1.82 bits per heavy atom. The third kappa shape index (κ3) is 3.68. The van der Waals surface area contributed by atoms with Gasteiger partial charge in [0.05, 0.1) is 5.02 Å². The maximum absolute atomic E-state index is 6.55. The van der Waals surface area contributed by atoms with Gasteiger partial charge in [0.2, 0.25) is 0 Å². The summed E-state index contributed by atoms with van der Waals surface area (Å²) >= 11 is 6.16. The number of hydrogen-bond acceptors (Lipinski definition) is 2. The average molecular weight is 253 g/mol. The number of rotatable bonds is 2. The largest absolute Gasteiger partial charge is 0.325 e. The van der Waals surface area contributed by atoms with E-state index in [-0.39, 0.29) is 5.54 Å². The van der Waals surface area contributed by atoms with Crippen LogP contribution in [0.2, 0.25) is 5.02 Å². The molecule has 0 spiro atoms. The Kier molecular flexibility index (Phi) is 4.41. The van der Waals surface area contributed by atoms with Gasteiger partial charge in [0.25, 0.3) is 0 Å². The minimum absolute atomic E-state index is 0.0641. The van der Waals surface area contributed by atoms with Crippen molar-refractivity contribution in [2.24, 2.45) is 5.73 Å². The molecule has 0 bridgehead atoms. The fraction of sp³-hybridized carbons (Fsp3) is 0.643. The van der Waals surface area contributed by atoms with E-state index >= 15 is 0 Å². The van der Waals surface area contributed by atoms with Gasteiger partial charge >= 0.3 is 0 Å². The first-order valence-electron chi connectivity index (χ1n) is 6.57. The summed E-state index contributed by atoms with van der Waals surface area (Å²) in [5.41, 5.74) is 7.63. The van der Waals surface area contributed by atoms with Crippen molar-refractivity contribution in [2.45, 2.75) is 56.9 Å². The Labute approximate surface area is 109 Å². The van der Waals surface area contributed by atoms with E-state index in [1.165, 1.54) is 32.1 Å². The molecule has 1 aromatic rings. The van der Waals surface area contributed by atoms with Crippen LogP contribution in [-0.2, 0) is 6.42 Å². The quantitative estimate of drug-likeness (QED) is 0.871. The molecule has 0 radical (unpaired) electrons. The molecule has 0 saturated heterocycles. The molecule has 1 saturated carbocycles. The zero-order valence-corrected chi connectivity index (χ0v) is 11.0. The molecular formula is C14H21ClN2. The Morgan fingerprint density at radius 3 is 2.47 bits per heavy atom. The first kappa shape index (κ1) is 12.8. The first-order valence-corrected chi connectivity index (χ1v) is 6.95. The van der Waals surface area contributed by atoms with Crippen molar-refractivity contribution in [1.29, 1.82) is 0 Å². The molecule has 1 aromatic heterocycles. The smallest absolute Gasteiger partial charge is 0.0621 e. The predicted molar refractivity (Wildman–Crippen MR) is 72.2 cm³/mol. The number of pyridine rings is 1. The van der Waals surface area contributed by atoms with Crippen LogP contribution in [0.15, 0.2) is 18.5 Å². The van der Waals surface area contributed by atoms with Crippen molar-refractivity contribution in [3.63, 3.8) is 0 Å². The molecule has 0 unspecified atom stereocenters. The van der Waals surface area contributed by atoms with Gasteiger partial charge in [-0.2, -0.15) is 0 Å². The second-order valence-corrected chi connectivity index (χ2v) is 5.68. The van der Waals surface area contributed by atoms with E-state index in [9.17, 15) is 0 Å². The van der Waals surface area contributed by atoms with Crippen molar-refractivity contribution >= 4 is 11.6 Å². The van der Waals surface area contributed by atoms with Crippen LogP contribution in [0.5, 0.6) is 0 Å². The highest BCUT2D eigenvalue weighted by atomic mass is 35.5. The van der Waals surface area contributed by atoms with E-state index in [4.69, 9.17) is 17.3 Å². The standard InChI is InChI=1S/C14H21ClN2/c15-13-11-17-9-6-12(13)10-14(16)7-4-2-1-3-5-8-14/h6,9,11H,1-5,7-8,10,16H2. The van der Waals surface area contributed by atoms with Gasteiger partial charge in [-0.15, -0.1) is 0 Å². The Balaban J connectivity index is 2.06. The van der Waals surface area contributed by atoms with Crippen LogP contribution < -0.4 is 5.73 Å². The van der Waals surface area contributed by atoms with E-state index in [1.807, 2.05) is 6.07 Å². The van der Waals surface area contributed by atoms with Gasteiger partial charge in [-0.3, -0.25) is 4.98 Å². The van der Waals surface area contributed by atoms with Crippen molar-refractivity contribution in [3.05, 3.63) is 29.0 Å². The van der Waals surface area contributed by atoms with Crippen LogP contribution in [0.3, 0.4) is 0 Å². The van der Waals surface area contributed by atoms with Gasteiger partial charge in [-0.1, -0.05) is 43.7 Å². The Hall–Kier alpha value is -0.600. The summed E-state index contributed by atoms with van der Waals surface area (Å²) in [4.78, 5) is 4.02. The molecule has 1 fully saturated rings. The van der Waals surface area contributed by atoms with Crippen molar-refractivity contribution in [2.75, 3.05) is 0 Å². The molecule has 0 amide bonds. The number of hydrogen-bond donors (Lipinski definition) is 1. The van der Waals surface area contributed by atoms with Crippen LogP contribution in [0.4, 0.5) is 0 Å². The molecule has 1 heterocycles. The lowest BCUT2D eigenvalue weighted by Gasteiger charge is -2.31. The number of nitrogens with zero attached hydrogens (tertiary/aromatic N) is 1. The van der Waals surface area contributed by atoms with Gasteiger partial charge in [0.1, 0.15) is 0 Å². The van der Waals surface area contributed by atoms with E-state index in [1.54, 1.807) is 12.4 Å². The van der Waals surface area contributed by atoms with Gasteiger partial charge in [-0.05, 0) is 30.9 Å². The van der Waals surface area contributed by atoms with Crippen LogP contribution in [0.25, 0.3) is 0 Å². The third-order valence-electron chi connectivity index (χ3n) is 3.75. The molecule has 2 rings (SSSR count). The third-order valence-corrected chi connectivity index (χ3v) is 4.09. The van der Waals surface area contributed by atoms with Crippen LogP contribution >= 0.6 is 11.6 Å². The molecule has 1 aliphatic rings. The molecule has 1 aliphatic carbocycles. The molecule has 2 nitrogen and oxygen atoms in total. The number of nitrogens with two attached hydrogens (primary N) is 1. The van der Waals surface area contributed by atoms with E-state index in [0.717, 1.165) is 29.8 Å². The fourth-order valence-electron chi connectivity index (χ4n) is 2.71. The summed E-state index contributed by atoms with van der Waals surface area (Å²) in [5.74, 6) is 0. The average Bonchev–Trinajstić information content (AvgIpc) is 2.28. The molecule has 94 valence electrons. The Bertz CT molecular complexity index is 357. The summed E-state index contributed by atoms with van der Waals surface area (Å²) in [5, 5.41) is 0.749. The zero-order valence-electron chi connectivity index (χ0n) is 10.3. The second-order valence-electron chi connectivity index (χ2n) is 5.27. The SMILES string of the molecule is NC1(Cc2ccncc2Cl)CCCCCCC1.